The Labute approximate surface area is 109 Å². The molecule has 1 fully saturated rings. The number of nitrogens with two attached hydrogens (primary N) is 2. The number of nitrogens with zero attached hydrogens (tertiary/aromatic N) is 2. The topological polar surface area (TPSA) is 67.6 Å². The van der Waals surface area contributed by atoms with E-state index in [-0.39, 0.29) is 5.96 Å². The molecule has 98 valence electrons. The molecule has 0 bridgehead atoms. The fraction of sp³-hybridized carbons (Fsp3) is 0.500. The quantitative estimate of drug-likeness (QED) is 0.624. The summed E-state index contributed by atoms with van der Waals surface area (Å²) in [4.78, 5) is 6.52. The third kappa shape index (κ3) is 4.04. The predicted molar refractivity (Wildman–Crippen MR) is 75.1 cm³/mol. The lowest BCUT2D eigenvalue weighted by molar-refractivity contribution is 0.221. The molecule has 18 heavy (non-hydrogen) atoms. The van der Waals surface area contributed by atoms with Gasteiger partial charge in [-0.1, -0.05) is 30.7 Å². The second-order valence-corrected chi connectivity index (χ2v) is 4.89. The average molecular weight is 246 g/mol. The van der Waals surface area contributed by atoms with E-state index in [0.29, 0.717) is 6.54 Å². The van der Waals surface area contributed by atoms with Gasteiger partial charge in [-0.15, -0.1) is 0 Å². The molecule has 4 nitrogen and oxygen atoms in total. The van der Waals surface area contributed by atoms with E-state index in [4.69, 9.17) is 11.5 Å². The van der Waals surface area contributed by atoms with Crippen molar-refractivity contribution in [2.45, 2.75) is 32.4 Å². The Balaban J connectivity index is 1.88. The lowest BCUT2D eigenvalue weighted by Crippen LogP contribution is -2.29. The molecule has 0 spiro atoms. The molecule has 1 heterocycles. The first-order valence-electron chi connectivity index (χ1n) is 6.59. The molecule has 1 aromatic rings. The Hall–Kier alpha value is -1.55. The van der Waals surface area contributed by atoms with Crippen LogP contribution in [0.2, 0.25) is 0 Å². The van der Waals surface area contributed by atoms with Crippen LogP contribution < -0.4 is 11.5 Å². The Morgan fingerprint density at radius 1 is 1.00 bits per heavy atom. The van der Waals surface area contributed by atoms with Crippen LogP contribution >= 0.6 is 0 Å². The second-order valence-electron chi connectivity index (χ2n) is 4.89. The molecule has 1 saturated heterocycles. The Morgan fingerprint density at radius 3 is 2.22 bits per heavy atom. The van der Waals surface area contributed by atoms with Crippen LogP contribution in [-0.4, -0.2) is 23.9 Å². The summed E-state index contributed by atoms with van der Waals surface area (Å²) in [6, 6.07) is 8.55. The van der Waals surface area contributed by atoms with Gasteiger partial charge >= 0.3 is 0 Å². The summed E-state index contributed by atoms with van der Waals surface area (Å²) in [5.74, 6) is 0.146. The van der Waals surface area contributed by atoms with Gasteiger partial charge in [-0.3, -0.25) is 4.90 Å². The largest absolute Gasteiger partial charge is 0.370 e. The normalized spacial score (nSPS) is 16.4. The Bertz CT molecular complexity index is 387. The van der Waals surface area contributed by atoms with E-state index < -0.39 is 0 Å². The molecular weight excluding hydrogens is 224 g/mol. The highest BCUT2D eigenvalue weighted by Gasteiger charge is 2.09. The fourth-order valence-electron chi connectivity index (χ4n) is 2.31. The summed E-state index contributed by atoms with van der Waals surface area (Å²) in [7, 11) is 0. The van der Waals surface area contributed by atoms with Gasteiger partial charge in [-0.2, -0.15) is 0 Å². The first-order valence-corrected chi connectivity index (χ1v) is 6.59. The lowest BCUT2D eigenvalue weighted by atomic mass is 10.1. The maximum absolute atomic E-state index is 5.31. The minimum absolute atomic E-state index is 0.146. The van der Waals surface area contributed by atoms with Crippen molar-refractivity contribution in [1.29, 1.82) is 0 Å². The zero-order chi connectivity index (χ0) is 12.8. The molecular formula is C14H22N4. The van der Waals surface area contributed by atoms with E-state index in [1.165, 1.54) is 37.9 Å². The smallest absolute Gasteiger partial charge is 0.186 e. The van der Waals surface area contributed by atoms with Gasteiger partial charge in [0, 0.05) is 6.54 Å². The van der Waals surface area contributed by atoms with E-state index in [9.17, 15) is 0 Å². The van der Waals surface area contributed by atoms with E-state index in [1.54, 1.807) is 0 Å². The number of hydrogen-bond acceptors (Lipinski definition) is 2. The zero-order valence-corrected chi connectivity index (χ0v) is 10.8. The lowest BCUT2D eigenvalue weighted by Gasteiger charge is -2.26. The van der Waals surface area contributed by atoms with Gasteiger partial charge in [0.25, 0.3) is 0 Å². The van der Waals surface area contributed by atoms with Crippen LogP contribution in [0.15, 0.2) is 29.3 Å². The van der Waals surface area contributed by atoms with Crippen LogP contribution in [0.5, 0.6) is 0 Å². The molecule has 2 rings (SSSR count). The maximum Gasteiger partial charge on any atom is 0.186 e. The monoisotopic (exact) mass is 246 g/mol. The van der Waals surface area contributed by atoms with E-state index in [1.807, 2.05) is 0 Å². The van der Waals surface area contributed by atoms with Crippen LogP contribution in [0, 0.1) is 0 Å². The first-order chi connectivity index (χ1) is 8.74. The van der Waals surface area contributed by atoms with Crippen molar-refractivity contribution < 1.29 is 0 Å². The van der Waals surface area contributed by atoms with Crippen molar-refractivity contribution in [3.05, 3.63) is 35.4 Å². The summed E-state index contributed by atoms with van der Waals surface area (Å²) >= 11 is 0. The van der Waals surface area contributed by atoms with Gasteiger partial charge in [0.15, 0.2) is 5.96 Å². The number of rotatable bonds is 4. The minimum atomic E-state index is 0.146. The van der Waals surface area contributed by atoms with Crippen LogP contribution in [0.25, 0.3) is 0 Å². The van der Waals surface area contributed by atoms with Gasteiger partial charge in [0.05, 0.1) is 6.54 Å². The predicted octanol–water partition coefficient (Wildman–Crippen LogP) is 1.45. The molecule has 0 aliphatic carbocycles. The van der Waals surface area contributed by atoms with Gasteiger partial charge in [0.2, 0.25) is 0 Å². The molecule has 0 aromatic heterocycles. The molecule has 0 amide bonds. The summed E-state index contributed by atoms with van der Waals surface area (Å²) in [5, 5.41) is 0. The van der Waals surface area contributed by atoms with Crippen molar-refractivity contribution in [1.82, 2.24) is 4.90 Å². The number of hydrogen-bond donors (Lipinski definition) is 2. The third-order valence-electron chi connectivity index (χ3n) is 3.32. The zero-order valence-electron chi connectivity index (χ0n) is 10.8. The van der Waals surface area contributed by atoms with Crippen molar-refractivity contribution >= 4 is 5.96 Å². The highest BCUT2D eigenvalue weighted by molar-refractivity contribution is 5.75. The summed E-state index contributed by atoms with van der Waals surface area (Å²) in [6.45, 7) is 4.08. The number of likely N-dealkylation sites (tertiary alicyclic amines) is 1. The van der Waals surface area contributed by atoms with Crippen LogP contribution in [0.3, 0.4) is 0 Å². The summed E-state index contributed by atoms with van der Waals surface area (Å²) in [6.07, 6.45) is 4.05. The van der Waals surface area contributed by atoms with Crippen molar-refractivity contribution in [3.8, 4) is 0 Å². The highest BCUT2D eigenvalue weighted by atomic mass is 15.1. The van der Waals surface area contributed by atoms with E-state index in [0.717, 1.165) is 12.1 Å². The third-order valence-corrected chi connectivity index (χ3v) is 3.32. The van der Waals surface area contributed by atoms with Crippen LogP contribution in [-0.2, 0) is 13.1 Å². The molecule has 1 aromatic carbocycles. The number of piperidine rings is 1. The SMILES string of the molecule is NC(N)=NCc1ccc(CN2CCCCC2)cc1. The summed E-state index contributed by atoms with van der Waals surface area (Å²) in [5.41, 5.74) is 13.1. The Kier molecular flexibility index (Phi) is 4.59. The second kappa shape index (κ2) is 6.40. The minimum Gasteiger partial charge on any atom is -0.370 e. The molecule has 0 saturated carbocycles. The summed E-state index contributed by atoms with van der Waals surface area (Å²) < 4.78 is 0. The standard InChI is InChI=1S/C14H22N4/c15-14(16)17-10-12-4-6-13(7-5-12)11-18-8-2-1-3-9-18/h4-7H,1-3,8-11H2,(H4,15,16,17). The van der Waals surface area contributed by atoms with Gasteiger partial charge in [-0.05, 0) is 37.1 Å². The molecule has 1 aliphatic rings. The van der Waals surface area contributed by atoms with E-state index >= 15 is 0 Å². The van der Waals surface area contributed by atoms with Gasteiger partial charge in [0.1, 0.15) is 0 Å². The van der Waals surface area contributed by atoms with Crippen molar-refractivity contribution in [2.75, 3.05) is 13.1 Å². The average Bonchev–Trinajstić information content (AvgIpc) is 2.39. The van der Waals surface area contributed by atoms with Crippen molar-refractivity contribution in [2.24, 2.45) is 16.5 Å². The number of aliphatic imine (C=N–C) groups is 1. The fourth-order valence-corrected chi connectivity index (χ4v) is 2.31. The first kappa shape index (κ1) is 12.9. The van der Waals surface area contributed by atoms with Gasteiger partial charge < -0.3 is 11.5 Å². The van der Waals surface area contributed by atoms with Gasteiger partial charge in [-0.25, -0.2) is 4.99 Å². The molecule has 4 heteroatoms. The van der Waals surface area contributed by atoms with E-state index in [2.05, 4.69) is 34.2 Å². The molecule has 4 N–H and O–H groups in total. The molecule has 0 atom stereocenters. The number of benzene rings is 1. The molecule has 0 radical (unpaired) electrons. The highest BCUT2D eigenvalue weighted by Crippen LogP contribution is 2.13. The Morgan fingerprint density at radius 2 is 1.61 bits per heavy atom. The van der Waals surface area contributed by atoms with Crippen molar-refractivity contribution in [3.63, 3.8) is 0 Å². The van der Waals surface area contributed by atoms with Crippen LogP contribution in [0.1, 0.15) is 30.4 Å². The maximum atomic E-state index is 5.31. The molecule has 1 aliphatic heterocycles. The molecule has 0 unspecified atom stereocenters. The number of guanidine groups is 1. The van der Waals surface area contributed by atoms with Crippen LogP contribution in [0.4, 0.5) is 0 Å².